The minimum atomic E-state index is -0.0405. The van der Waals surface area contributed by atoms with Gasteiger partial charge in [-0.15, -0.1) is 0 Å². The van der Waals surface area contributed by atoms with Gasteiger partial charge in [-0.25, -0.2) is 0 Å². The number of hydrogen-bond acceptors (Lipinski definition) is 1. The zero-order valence-electron chi connectivity index (χ0n) is 12.9. The van der Waals surface area contributed by atoms with E-state index in [9.17, 15) is 0 Å². The van der Waals surface area contributed by atoms with Gasteiger partial charge < -0.3 is 4.74 Å². The lowest BCUT2D eigenvalue weighted by Gasteiger charge is -2.35. The van der Waals surface area contributed by atoms with Crippen LogP contribution in [0.5, 0.6) is 0 Å². The minimum Gasteiger partial charge on any atom is -0.373 e. The first-order chi connectivity index (χ1) is 6.79. The lowest BCUT2D eigenvalue weighted by atomic mass is 9.81. The van der Waals surface area contributed by atoms with E-state index in [0.717, 1.165) is 12.8 Å². The molecule has 0 rings (SSSR count). The van der Waals surface area contributed by atoms with E-state index in [1.54, 1.807) is 0 Å². The Labute approximate surface area is 103 Å². The van der Waals surface area contributed by atoms with Crippen molar-refractivity contribution in [3.8, 4) is 0 Å². The first kappa shape index (κ1) is 16.0. The van der Waals surface area contributed by atoms with Crippen molar-refractivity contribution in [3.63, 3.8) is 0 Å². The summed E-state index contributed by atoms with van der Waals surface area (Å²) in [6.07, 6.45) is 2.61. The van der Waals surface area contributed by atoms with Gasteiger partial charge in [0.25, 0.3) is 0 Å². The van der Waals surface area contributed by atoms with Crippen molar-refractivity contribution in [3.05, 3.63) is 0 Å². The molecule has 0 N–H and O–H groups in total. The summed E-state index contributed by atoms with van der Waals surface area (Å²) in [5.41, 5.74) is 0.628. The van der Waals surface area contributed by atoms with Crippen molar-refractivity contribution >= 4 is 0 Å². The van der Waals surface area contributed by atoms with Crippen LogP contribution >= 0.6 is 0 Å². The summed E-state index contributed by atoms with van der Waals surface area (Å²) >= 11 is 0. The molecule has 0 aromatic carbocycles. The second-order valence-corrected chi connectivity index (χ2v) is 8.38. The summed E-state index contributed by atoms with van der Waals surface area (Å²) in [4.78, 5) is 0. The third-order valence-corrected chi connectivity index (χ3v) is 2.20. The molecule has 0 saturated carbocycles. The summed E-state index contributed by atoms with van der Waals surface area (Å²) in [6, 6.07) is 0. The fraction of sp³-hybridized carbons (Fsp3) is 1.00. The third-order valence-electron chi connectivity index (χ3n) is 2.20. The highest BCUT2D eigenvalue weighted by atomic mass is 16.5. The van der Waals surface area contributed by atoms with Gasteiger partial charge in [-0.3, -0.25) is 0 Å². The molecule has 0 heterocycles. The maximum Gasteiger partial charge on any atom is 0.0602 e. The lowest BCUT2D eigenvalue weighted by molar-refractivity contribution is -0.0877. The Morgan fingerprint density at radius 2 is 1.00 bits per heavy atom. The molecule has 0 aromatic rings. The molecule has 0 aliphatic heterocycles. The molecule has 0 fully saturated rings. The van der Waals surface area contributed by atoms with Gasteiger partial charge in [-0.1, -0.05) is 41.5 Å². The number of rotatable bonds is 3. The Hall–Kier alpha value is -0.0400. The van der Waals surface area contributed by atoms with Gasteiger partial charge in [0.2, 0.25) is 0 Å². The van der Waals surface area contributed by atoms with Crippen LogP contribution in [0.1, 0.15) is 75.2 Å². The molecule has 0 aliphatic rings. The fourth-order valence-electron chi connectivity index (χ4n) is 2.02. The predicted octanol–water partition coefficient (Wildman–Crippen LogP) is 5.04. The van der Waals surface area contributed by atoms with Crippen molar-refractivity contribution in [1.82, 2.24) is 0 Å². The van der Waals surface area contributed by atoms with E-state index in [-0.39, 0.29) is 5.60 Å². The maximum atomic E-state index is 6.19. The molecular formula is C15H32O. The first-order valence-electron chi connectivity index (χ1n) is 6.46. The predicted molar refractivity (Wildman–Crippen MR) is 72.8 cm³/mol. The molecule has 0 spiro atoms. The van der Waals surface area contributed by atoms with Gasteiger partial charge in [0.15, 0.2) is 0 Å². The number of hydrogen-bond donors (Lipinski definition) is 0. The summed E-state index contributed by atoms with van der Waals surface area (Å²) in [6.45, 7) is 20.2. The molecule has 98 valence electrons. The molecule has 16 heavy (non-hydrogen) atoms. The minimum absolute atomic E-state index is 0.0405. The van der Waals surface area contributed by atoms with Crippen LogP contribution in [0.2, 0.25) is 0 Å². The molecule has 1 heteroatoms. The molecule has 1 nitrogen and oxygen atoms in total. The van der Waals surface area contributed by atoms with Gasteiger partial charge in [-0.2, -0.15) is 0 Å². The Morgan fingerprint density at radius 1 is 0.688 bits per heavy atom. The molecule has 0 radical (unpaired) electrons. The Kier molecular flexibility index (Phi) is 5.07. The highest BCUT2D eigenvalue weighted by molar-refractivity contribution is 4.77. The molecular weight excluding hydrogens is 196 g/mol. The molecule has 0 aromatic heterocycles. The van der Waals surface area contributed by atoms with Gasteiger partial charge in [0, 0.05) is 0 Å². The van der Waals surface area contributed by atoms with Crippen LogP contribution in [-0.2, 0) is 4.74 Å². The van der Waals surface area contributed by atoms with Gasteiger partial charge in [-0.05, 0) is 44.4 Å². The van der Waals surface area contributed by atoms with E-state index in [1.165, 1.54) is 0 Å². The normalized spacial score (nSPS) is 14.6. The molecule has 0 atom stereocenters. The monoisotopic (exact) mass is 228 g/mol. The first-order valence-corrected chi connectivity index (χ1v) is 6.46. The van der Waals surface area contributed by atoms with Gasteiger partial charge >= 0.3 is 0 Å². The zero-order valence-corrected chi connectivity index (χ0v) is 12.9. The summed E-state index contributed by atoms with van der Waals surface area (Å²) in [5.74, 6) is 0. The van der Waals surface area contributed by atoms with Crippen LogP contribution in [0, 0.1) is 10.8 Å². The summed E-state index contributed by atoms with van der Waals surface area (Å²) < 4.78 is 6.19. The maximum absolute atomic E-state index is 6.19. The SMILES string of the molecule is CC(C)(C)CC(CC(C)(C)C)OC(C)(C)C. The van der Waals surface area contributed by atoms with Crippen molar-refractivity contribution in [2.24, 2.45) is 10.8 Å². The van der Waals surface area contributed by atoms with E-state index in [0.29, 0.717) is 16.9 Å². The fourth-order valence-corrected chi connectivity index (χ4v) is 2.02. The standard InChI is InChI=1S/C15H32O/c1-13(2,3)10-12(11-14(4,5)6)16-15(7,8)9/h12H,10-11H2,1-9H3. The average Bonchev–Trinajstić information content (AvgIpc) is 1.70. The van der Waals surface area contributed by atoms with Crippen molar-refractivity contribution in [2.75, 3.05) is 0 Å². The lowest BCUT2D eigenvalue weighted by Crippen LogP contribution is -2.33. The van der Waals surface area contributed by atoms with E-state index < -0.39 is 0 Å². The highest BCUT2D eigenvalue weighted by Gasteiger charge is 2.27. The van der Waals surface area contributed by atoms with Crippen LogP contribution in [0.4, 0.5) is 0 Å². The van der Waals surface area contributed by atoms with E-state index in [4.69, 9.17) is 4.74 Å². The van der Waals surface area contributed by atoms with Crippen LogP contribution in [-0.4, -0.2) is 11.7 Å². The molecule has 0 bridgehead atoms. The smallest absolute Gasteiger partial charge is 0.0602 e. The van der Waals surface area contributed by atoms with Crippen LogP contribution in [0.25, 0.3) is 0 Å². The summed E-state index contributed by atoms with van der Waals surface area (Å²) in [7, 11) is 0. The third kappa shape index (κ3) is 10.5. The van der Waals surface area contributed by atoms with E-state index in [1.807, 2.05) is 0 Å². The molecule has 0 amide bonds. The second-order valence-electron chi connectivity index (χ2n) is 8.38. The van der Waals surface area contributed by atoms with Crippen molar-refractivity contribution in [2.45, 2.75) is 86.9 Å². The second kappa shape index (κ2) is 5.08. The Morgan fingerprint density at radius 3 is 1.19 bits per heavy atom. The Balaban J connectivity index is 4.53. The topological polar surface area (TPSA) is 9.23 Å². The average molecular weight is 228 g/mol. The van der Waals surface area contributed by atoms with Crippen LogP contribution in [0.15, 0.2) is 0 Å². The van der Waals surface area contributed by atoms with Crippen molar-refractivity contribution in [1.29, 1.82) is 0 Å². The van der Waals surface area contributed by atoms with E-state index in [2.05, 4.69) is 62.3 Å². The van der Waals surface area contributed by atoms with E-state index >= 15 is 0 Å². The van der Waals surface area contributed by atoms with Crippen molar-refractivity contribution < 1.29 is 4.74 Å². The Bertz CT molecular complexity index is 159. The van der Waals surface area contributed by atoms with Crippen LogP contribution < -0.4 is 0 Å². The summed E-state index contributed by atoms with van der Waals surface area (Å²) in [5, 5.41) is 0. The molecule has 0 unspecified atom stereocenters. The van der Waals surface area contributed by atoms with Crippen LogP contribution in [0.3, 0.4) is 0 Å². The van der Waals surface area contributed by atoms with Gasteiger partial charge in [0.05, 0.1) is 11.7 Å². The quantitative estimate of drug-likeness (QED) is 0.657. The molecule has 0 saturated heterocycles. The number of ether oxygens (including phenoxy) is 1. The van der Waals surface area contributed by atoms with Gasteiger partial charge in [0.1, 0.15) is 0 Å². The highest BCUT2D eigenvalue weighted by Crippen LogP contribution is 2.32. The largest absolute Gasteiger partial charge is 0.373 e. The zero-order chi connectivity index (χ0) is 13.2. The molecule has 0 aliphatic carbocycles.